The van der Waals surface area contributed by atoms with E-state index in [1.54, 1.807) is 0 Å². The minimum absolute atomic E-state index is 0.0604. The summed E-state index contributed by atoms with van der Waals surface area (Å²) < 4.78 is 51.9. The molecule has 248 valence electrons. The molecule has 3 atom stereocenters. The molecule has 12 nitrogen and oxygen atoms in total. The molecule has 0 saturated carbocycles. The fraction of sp³-hybridized carbons (Fsp3) is 0.448. The van der Waals surface area contributed by atoms with Gasteiger partial charge < -0.3 is 42.7 Å². The quantitative estimate of drug-likeness (QED) is 0.138. The Morgan fingerprint density at radius 1 is 0.933 bits per heavy atom. The van der Waals surface area contributed by atoms with Gasteiger partial charge in [0.05, 0.1) is 18.0 Å². The normalized spacial score (nSPS) is 13.4. The van der Waals surface area contributed by atoms with Gasteiger partial charge in [-0.1, -0.05) is 24.3 Å². The predicted octanol–water partition coefficient (Wildman–Crippen LogP) is 0.0449. The summed E-state index contributed by atoms with van der Waals surface area (Å²) in [5.41, 5.74) is 16.5. The molecule has 0 bridgehead atoms. The van der Waals surface area contributed by atoms with Crippen molar-refractivity contribution in [2.75, 3.05) is 46.3 Å². The van der Waals surface area contributed by atoms with Crippen LogP contribution in [0, 0.1) is 0 Å². The number of carbonyl (C=O) groups is 4. The van der Waals surface area contributed by atoms with Gasteiger partial charge >= 0.3 is 6.18 Å². The third kappa shape index (κ3) is 11.1. The number of amides is 4. The molecule has 4 amide bonds. The largest absolute Gasteiger partial charge is 0.416 e. The maximum Gasteiger partial charge on any atom is 0.416 e. The maximum absolute atomic E-state index is 13.4. The van der Waals surface area contributed by atoms with E-state index < -0.39 is 66.7 Å². The molecule has 0 heterocycles. The zero-order chi connectivity index (χ0) is 33.7. The molecule has 0 aliphatic carbocycles. The number of carbonyl (C=O) groups excluding carboxylic acids is 4. The number of aliphatic hydroxyl groups excluding tert-OH is 1. The van der Waals surface area contributed by atoms with E-state index in [0.29, 0.717) is 5.56 Å². The highest BCUT2D eigenvalue weighted by atomic mass is 19.4. The van der Waals surface area contributed by atoms with E-state index in [0.717, 1.165) is 29.2 Å². The molecule has 9 N–H and O–H groups in total. The van der Waals surface area contributed by atoms with Gasteiger partial charge in [0.25, 0.3) is 5.91 Å². The molecule has 0 aliphatic rings. The van der Waals surface area contributed by atoms with Crippen molar-refractivity contribution in [1.82, 2.24) is 20.4 Å². The monoisotopic (exact) mass is 641 g/mol. The number of halogens is 4. The molecule has 0 spiro atoms. The summed E-state index contributed by atoms with van der Waals surface area (Å²) in [5.74, 6) is -2.85. The van der Waals surface area contributed by atoms with Crippen LogP contribution in [0.2, 0.25) is 0 Å². The summed E-state index contributed by atoms with van der Waals surface area (Å²) in [5, 5.41) is 16.0. The second kappa shape index (κ2) is 17.4. The van der Waals surface area contributed by atoms with Crippen LogP contribution in [-0.4, -0.2) is 96.9 Å². The first kappa shape index (κ1) is 37.1. The molecular formula is C29H39F4N7O5. The Morgan fingerprint density at radius 3 is 2.02 bits per heavy atom. The number of nitrogens with two attached hydrogens (primary N) is 3. The molecule has 2 rings (SSSR count). The number of nitrogens with zero attached hydrogens (tertiary/aromatic N) is 2. The molecule has 2 aromatic rings. The average molecular weight is 642 g/mol. The van der Waals surface area contributed by atoms with Gasteiger partial charge in [0.15, 0.2) is 0 Å². The fourth-order valence-electron chi connectivity index (χ4n) is 4.21. The highest BCUT2D eigenvalue weighted by Crippen LogP contribution is 2.30. The Labute approximate surface area is 257 Å². The van der Waals surface area contributed by atoms with Crippen LogP contribution >= 0.6 is 0 Å². The molecular weight excluding hydrogens is 602 g/mol. The fourth-order valence-corrected chi connectivity index (χ4v) is 4.21. The Bertz CT molecular complexity index is 1270. The van der Waals surface area contributed by atoms with Crippen LogP contribution in [0.4, 0.5) is 17.6 Å². The SMILES string of the molecule is CN(CCNC(=O)c1ccc(CF)cc1)C(=O)[C@@H](NC(=O)C(N)CC(=O)N(CCN)CCN)[C@H](O)c1ccc(C(F)(F)F)cc1. The van der Waals surface area contributed by atoms with Gasteiger partial charge in [0.1, 0.15) is 18.8 Å². The van der Waals surface area contributed by atoms with Crippen molar-refractivity contribution in [3.8, 4) is 0 Å². The Kier molecular flexibility index (Phi) is 14.3. The van der Waals surface area contributed by atoms with E-state index in [1.165, 1.54) is 36.2 Å². The third-order valence-electron chi connectivity index (χ3n) is 6.82. The van der Waals surface area contributed by atoms with Gasteiger partial charge in [-0.2, -0.15) is 13.2 Å². The minimum Gasteiger partial charge on any atom is -0.386 e. The molecule has 0 fully saturated rings. The number of likely N-dealkylation sites (N-methyl/N-ethyl adjacent to an activating group) is 1. The summed E-state index contributed by atoms with van der Waals surface area (Å²) in [7, 11) is 1.32. The van der Waals surface area contributed by atoms with Crippen molar-refractivity contribution in [2.24, 2.45) is 17.2 Å². The number of aliphatic hydroxyl groups is 1. The lowest BCUT2D eigenvalue weighted by Crippen LogP contribution is -2.55. The zero-order valence-electron chi connectivity index (χ0n) is 24.7. The smallest absolute Gasteiger partial charge is 0.386 e. The van der Waals surface area contributed by atoms with Crippen LogP contribution in [0.3, 0.4) is 0 Å². The molecule has 0 aliphatic heterocycles. The van der Waals surface area contributed by atoms with E-state index in [9.17, 15) is 41.8 Å². The molecule has 2 aromatic carbocycles. The summed E-state index contributed by atoms with van der Waals surface area (Å²) in [6.45, 7) is -0.230. The number of rotatable bonds is 16. The third-order valence-corrected chi connectivity index (χ3v) is 6.82. The van der Waals surface area contributed by atoms with Gasteiger partial charge in [-0.05, 0) is 35.4 Å². The molecule has 0 radical (unpaired) electrons. The highest BCUT2D eigenvalue weighted by molar-refractivity contribution is 5.94. The summed E-state index contributed by atoms with van der Waals surface area (Å²) in [6, 6.07) is 5.95. The first-order chi connectivity index (χ1) is 21.2. The summed E-state index contributed by atoms with van der Waals surface area (Å²) >= 11 is 0. The van der Waals surface area contributed by atoms with E-state index in [4.69, 9.17) is 17.2 Å². The van der Waals surface area contributed by atoms with Crippen LogP contribution in [-0.2, 0) is 27.2 Å². The first-order valence-electron chi connectivity index (χ1n) is 14.0. The van der Waals surface area contributed by atoms with Crippen molar-refractivity contribution in [3.63, 3.8) is 0 Å². The van der Waals surface area contributed by atoms with Gasteiger partial charge in [-0.15, -0.1) is 0 Å². The lowest BCUT2D eigenvalue weighted by atomic mass is 9.99. The lowest BCUT2D eigenvalue weighted by molar-refractivity contribution is -0.140. The van der Waals surface area contributed by atoms with Gasteiger partial charge in [0.2, 0.25) is 17.7 Å². The molecule has 0 aromatic heterocycles. The van der Waals surface area contributed by atoms with Crippen molar-refractivity contribution in [1.29, 1.82) is 0 Å². The highest BCUT2D eigenvalue weighted by Gasteiger charge is 2.35. The topological polar surface area (TPSA) is 197 Å². The van der Waals surface area contributed by atoms with Crippen LogP contribution in [0.1, 0.15) is 39.6 Å². The number of benzene rings is 2. The average Bonchev–Trinajstić information content (AvgIpc) is 3.02. The van der Waals surface area contributed by atoms with E-state index >= 15 is 0 Å². The number of nitrogens with one attached hydrogen (secondary N) is 2. The summed E-state index contributed by atoms with van der Waals surface area (Å²) in [4.78, 5) is 53.9. The van der Waals surface area contributed by atoms with E-state index in [2.05, 4.69) is 10.6 Å². The second-order valence-corrected chi connectivity index (χ2v) is 10.2. The Hall–Kier alpha value is -4.12. The van der Waals surface area contributed by atoms with Crippen molar-refractivity contribution < 1.29 is 41.8 Å². The Balaban J connectivity index is 2.19. The minimum atomic E-state index is -4.64. The van der Waals surface area contributed by atoms with Crippen LogP contribution < -0.4 is 27.8 Å². The van der Waals surface area contributed by atoms with Crippen molar-refractivity contribution >= 4 is 23.6 Å². The molecule has 45 heavy (non-hydrogen) atoms. The molecule has 16 heteroatoms. The van der Waals surface area contributed by atoms with Gasteiger partial charge in [-0.3, -0.25) is 19.2 Å². The van der Waals surface area contributed by atoms with E-state index in [1.807, 2.05) is 0 Å². The molecule has 0 saturated heterocycles. The van der Waals surface area contributed by atoms with Gasteiger partial charge in [-0.25, -0.2) is 4.39 Å². The standard InChI is InChI=1S/C29H39F4N7O5/c1-39(15-12-37-26(43)20-4-2-18(17-30)3-5-20)28(45)24(25(42)19-6-8-21(9-7-19)29(31,32)33)38-27(44)22(36)16-23(41)40(13-10-34)14-11-35/h2-9,22,24-25,42H,10-17,34-36H2,1H3,(H,37,43)(H,38,44)/t22?,24-,25+/m0/s1. The van der Waals surface area contributed by atoms with Crippen LogP contribution in [0.15, 0.2) is 48.5 Å². The van der Waals surface area contributed by atoms with Crippen LogP contribution in [0.25, 0.3) is 0 Å². The number of hydrogen-bond acceptors (Lipinski definition) is 8. The Morgan fingerprint density at radius 2 is 1.51 bits per heavy atom. The van der Waals surface area contributed by atoms with Crippen molar-refractivity contribution in [2.45, 2.75) is 37.5 Å². The summed E-state index contributed by atoms with van der Waals surface area (Å²) in [6.07, 6.45) is -6.94. The maximum atomic E-state index is 13.4. The van der Waals surface area contributed by atoms with Gasteiger partial charge in [0, 0.05) is 51.9 Å². The van der Waals surface area contributed by atoms with E-state index in [-0.39, 0.29) is 50.4 Å². The number of alkyl halides is 4. The second-order valence-electron chi connectivity index (χ2n) is 10.2. The number of hydrogen-bond donors (Lipinski definition) is 6. The molecule has 1 unspecified atom stereocenters. The lowest BCUT2D eigenvalue weighted by Gasteiger charge is -2.29. The zero-order valence-corrected chi connectivity index (χ0v) is 24.7. The first-order valence-corrected chi connectivity index (χ1v) is 14.0. The predicted molar refractivity (Wildman–Crippen MR) is 157 cm³/mol. The van der Waals surface area contributed by atoms with Crippen LogP contribution in [0.5, 0.6) is 0 Å². The van der Waals surface area contributed by atoms with Crippen molar-refractivity contribution in [3.05, 3.63) is 70.8 Å².